The van der Waals surface area contributed by atoms with Crippen molar-refractivity contribution in [3.63, 3.8) is 0 Å². The summed E-state index contributed by atoms with van der Waals surface area (Å²) in [5.74, 6) is 2.96. The molecule has 2 fully saturated rings. The molecule has 2 unspecified atom stereocenters. The van der Waals surface area contributed by atoms with Crippen LogP contribution in [0.1, 0.15) is 46.5 Å². The second-order valence-corrected chi connectivity index (χ2v) is 11.0. The highest BCUT2D eigenvalue weighted by Gasteiger charge is 2.34. The summed E-state index contributed by atoms with van der Waals surface area (Å²) in [5, 5.41) is 12.6. The number of carboxylic acids is 1. The minimum absolute atomic E-state index is 0.00258. The molecule has 4 heterocycles. The van der Waals surface area contributed by atoms with Gasteiger partial charge < -0.3 is 34.4 Å². The van der Waals surface area contributed by atoms with E-state index in [2.05, 4.69) is 25.1 Å². The molecule has 2 aromatic heterocycles. The van der Waals surface area contributed by atoms with Crippen molar-refractivity contribution >= 4 is 29.4 Å². The van der Waals surface area contributed by atoms with Gasteiger partial charge in [0.15, 0.2) is 22.9 Å². The van der Waals surface area contributed by atoms with Gasteiger partial charge in [0, 0.05) is 25.8 Å². The molecule has 5 rings (SSSR count). The van der Waals surface area contributed by atoms with Crippen molar-refractivity contribution in [3.8, 4) is 11.5 Å². The Labute approximate surface area is 246 Å². The van der Waals surface area contributed by atoms with E-state index in [1.165, 1.54) is 0 Å². The van der Waals surface area contributed by atoms with Crippen LogP contribution in [-0.4, -0.2) is 81.6 Å². The second-order valence-electron chi connectivity index (χ2n) is 11.0. The van der Waals surface area contributed by atoms with E-state index < -0.39 is 11.6 Å². The molecule has 2 N–H and O–H groups in total. The van der Waals surface area contributed by atoms with Crippen LogP contribution >= 0.6 is 0 Å². The minimum Gasteiger partial charge on any atom is -0.490 e. The molecule has 0 aliphatic carbocycles. The number of aliphatic carboxylic acids is 1. The molecule has 0 saturated carbocycles. The van der Waals surface area contributed by atoms with E-state index in [4.69, 9.17) is 24.2 Å². The van der Waals surface area contributed by atoms with Gasteiger partial charge in [-0.2, -0.15) is 4.98 Å². The average molecular weight is 578 g/mol. The predicted molar refractivity (Wildman–Crippen MR) is 159 cm³/mol. The van der Waals surface area contributed by atoms with E-state index >= 15 is 0 Å². The first-order valence-corrected chi connectivity index (χ1v) is 14.5. The Morgan fingerprint density at radius 1 is 1.00 bits per heavy atom. The number of carbonyl (C=O) groups is 1. The highest BCUT2D eigenvalue weighted by Crippen LogP contribution is 2.30. The molecule has 1 aromatic carbocycles. The molecule has 2 saturated heterocycles. The number of nitrogens with zero attached hydrogens (tertiary/aromatic N) is 6. The van der Waals surface area contributed by atoms with Gasteiger partial charge in [0.1, 0.15) is 17.7 Å². The zero-order valence-corrected chi connectivity index (χ0v) is 24.4. The number of nitrogens with one attached hydrogen (secondary N) is 1. The quantitative estimate of drug-likeness (QED) is 0.336. The van der Waals surface area contributed by atoms with Crippen molar-refractivity contribution in [3.05, 3.63) is 48.9 Å². The summed E-state index contributed by atoms with van der Waals surface area (Å²) < 4.78 is 18.0. The van der Waals surface area contributed by atoms with Crippen LogP contribution in [0, 0.1) is 0 Å². The van der Waals surface area contributed by atoms with Gasteiger partial charge in [0.25, 0.3) is 0 Å². The Morgan fingerprint density at radius 2 is 1.71 bits per heavy atom. The summed E-state index contributed by atoms with van der Waals surface area (Å²) in [4.78, 5) is 34.1. The van der Waals surface area contributed by atoms with Crippen LogP contribution in [0.5, 0.6) is 11.5 Å². The molecule has 0 spiro atoms. The van der Waals surface area contributed by atoms with Crippen molar-refractivity contribution < 1.29 is 24.1 Å². The largest absolute Gasteiger partial charge is 0.490 e. The zero-order chi connectivity index (χ0) is 29.5. The Morgan fingerprint density at radius 3 is 2.48 bits per heavy atom. The van der Waals surface area contributed by atoms with E-state index in [1.807, 2.05) is 37.3 Å². The SMILES string of the molecule is CCOc1ccccc1OC1CCCN(c2cncc(Nc3nccc(N4CCCC(OC(C)(C)C(=O)O)C4)n3)n2)C1. The van der Waals surface area contributed by atoms with Crippen LogP contribution in [-0.2, 0) is 9.53 Å². The number of benzene rings is 1. The van der Waals surface area contributed by atoms with Crippen LogP contribution in [0.4, 0.5) is 23.4 Å². The number of aromatic nitrogens is 4. The number of para-hydroxylation sites is 2. The number of carboxylic acid groups (broad SMARTS) is 1. The Hall–Kier alpha value is -4.19. The van der Waals surface area contributed by atoms with Gasteiger partial charge in [-0.25, -0.2) is 14.8 Å². The first-order chi connectivity index (χ1) is 20.3. The molecular formula is C30H39N7O5. The smallest absolute Gasteiger partial charge is 0.335 e. The summed E-state index contributed by atoms with van der Waals surface area (Å²) in [6.07, 6.45) is 8.47. The molecule has 0 amide bonds. The monoisotopic (exact) mass is 577 g/mol. The zero-order valence-electron chi connectivity index (χ0n) is 24.4. The number of rotatable bonds is 11. The lowest BCUT2D eigenvalue weighted by Gasteiger charge is -2.36. The summed E-state index contributed by atoms with van der Waals surface area (Å²) >= 11 is 0. The maximum atomic E-state index is 11.5. The second kappa shape index (κ2) is 13.2. The van der Waals surface area contributed by atoms with Gasteiger partial charge in [0.2, 0.25) is 5.95 Å². The van der Waals surface area contributed by atoms with Gasteiger partial charge in [-0.3, -0.25) is 4.98 Å². The Bertz CT molecular complexity index is 1360. The fraction of sp³-hybridized carbons (Fsp3) is 0.500. The number of anilines is 4. The maximum absolute atomic E-state index is 11.5. The highest BCUT2D eigenvalue weighted by molar-refractivity contribution is 5.76. The van der Waals surface area contributed by atoms with Gasteiger partial charge in [-0.05, 0) is 64.7 Å². The standard InChI is InChI=1S/C30H39N7O5/c1-4-40-23-11-5-6-12-24(23)41-21-9-7-16-37(19-21)27-18-31-17-25(33-27)34-29-32-14-13-26(35-29)36-15-8-10-22(20-36)42-30(2,3)28(38)39/h5-6,11-14,17-18,21-22H,4,7-10,15-16,19-20H2,1-3H3,(H,38,39)(H,32,33,34,35). The molecule has 2 aliphatic heterocycles. The lowest BCUT2D eigenvalue weighted by atomic mass is 10.1. The Kier molecular flexibility index (Phi) is 9.21. The van der Waals surface area contributed by atoms with Gasteiger partial charge in [-0.15, -0.1) is 0 Å². The first kappa shape index (κ1) is 29.3. The molecule has 0 bridgehead atoms. The van der Waals surface area contributed by atoms with E-state index in [-0.39, 0.29) is 12.2 Å². The highest BCUT2D eigenvalue weighted by atomic mass is 16.5. The molecule has 12 heteroatoms. The molecule has 224 valence electrons. The van der Waals surface area contributed by atoms with Crippen molar-refractivity contribution in [2.75, 3.05) is 47.9 Å². The third-order valence-electron chi connectivity index (χ3n) is 7.33. The van der Waals surface area contributed by atoms with Crippen LogP contribution in [0.25, 0.3) is 0 Å². The van der Waals surface area contributed by atoms with Crippen LogP contribution in [0.15, 0.2) is 48.9 Å². The number of hydrogen-bond donors (Lipinski definition) is 2. The molecule has 42 heavy (non-hydrogen) atoms. The lowest BCUT2D eigenvalue weighted by Crippen LogP contribution is -2.46. The molecular weight excluding hydrogens is 538 g/mol. The molecule has 3 aromatic rings. The van der Waals surface area contributed by atoms with E-state index in [9.17, 15) is 9.90 Å². The number of hydrogen-bond acceptors (Lipinski definition) is 11. The van der Waals surface area contributed by atoms with Crippen molar-refractivity contribution in [1.82, 2.24) is 19.9 Å². The van der Waals surface area contributed by atoms with E-state index in [0.717, 1.165) is 61.9 Å². The average Bonchev–Trinajstić information content (AvgIpc) is 2.99. The maximum Gasteiger partial charge on any atom is 0.335 e. The summed E-state index contributed by atoms with van der Waals surface area (Å²) in [6, 6.07) is 9.60. The molecule has 2 aliphatic rings. The first-order valence-electron chi connectivity index (χ1n) is 14.5. The third-order valence-corrected chi connectivity index (χ3v) is 7.33. The van der Waals surface area contributed by atoms with E-state index in [1.54, 1.807) is 32.4 Å². The molecule has 12 nitrogen and oxygen atoms in total. The normalized spacial score (nSPS) is 19.3. The van der Waals surface area contributed by atoms with Gasteiger partial charge in [-0.1, -0.05) is 12.1 Å². The molecule has 0 radical (unpaired) electrons. The minimum atomic E-state index is -1.25. The van der Waals surface area contributed by atoms with Crippen molar-refractivity contribution in [1.29, 1.82) is 0 Å². The summed E-state index contributed by atoms with van der Waals surface area (Å²) in [5.41, 5.74) is -1.25. The summed E-state index contributed by atoms with van der Waals surface area (Å²) in [6.45, 7) is 8.59. The third kappa shape index (κ3) is 7.35. The molecule has 2 atom stereocenters. The number of piperidine rings is 2. The number of ether oxygens (including phenoxy) is 3. The van der Waals surface area contributed by atoms with Crippen LogP contribution < -0.4 is 24.6 Å². The van der Waals surface area contributed by atoms with Crippen LogP contribution in [0.2, 0.25) is 0 Å². The van der Waals surface area contributed by atoms with Crippen molar-refractivity contribution in [2.45, 2.75) is 64.3 Å². The lowest BCUT2D eigenvalue weighted by molar-refractivity contribution is -0.168. The van der Waals surface area contributed by atoms with Gasteiger partial charge in [0.05, 0.1) is 31.6 Å². The van der Waals surface area contributed by atoms with Gasteiger partial charge >= 0.3 is 5.97 Å². The van der Waals surface area contributed by atoms with E-state index in [0.29, 0.717) is 31.5 Å². The topological polar surface area (TPSA) is 135 Å². The fourth-order valence-corrected chi connectivity index (χ4v) is 5.22. The fourth-order valence-electron chi connectivity index (χ4n) is 5.22. The Balaban J connectivity index is 1.22. The van der Waals surface area contributed by atoms with Crippen molar-refractivity contribution in [2.24, 2.45) is 0 Å². The predicted octanol–water partition coefficient (Wildman–Crippen LogP) is 4.31. The summed E-state index contributed by atoms with van der Waals surface area (Å²) in [7, 11) is 0. The van der Waals surface area contributed by atoms with Crippen LogP contribution in [0.3, 0.4) is 0 Å².